The number of hydrogen-bond acceptors (Lipinski definition) is 6. The maximum Gasteiger partial charge on any atom is 0.229 e. The van der Waals surface area contributed by atoms with Crippen molar-refractivity contribution >= 4 is 23.1 Å². The van der Waals surface area contributed by atoms with Crippen LogP contribution in [0, 0.1) is 25.2 Å². The van der Waals surface area contributed by atoms with Gasteiger partial charge in [0.2, 0.25) is 5.95 Å². The van der Waals surface area contributed by atoms with Gasteiger partial charge in [-0.25, -0.2) is 4.98 Å². The zero-order valence-corrected chi connectivity index (χ0v) is 14.9. The molecule has 0 atom stereocenters. The third-order valence-corrected chi connectivity index (χ3v) is 3.74. The monoisotopic (exact) mass is 345 g/mol. The molecule has 1 aromatic heterocycles. The molecular weight excluding hydrogens is 326 g/mol. The van der Waals surface area contributed by atoms with Gasteiger partial charge < -0.3 is 15.4 Å². The fourth-order valence-corrected chi connectivity index (χ4v) is 2.50. The van der Waals surface area contributed by atoms with Crippen LogP contribution in [0.1, 0.15) is 16.8 Å². The molecule has 0 saturated heterocycles. The molecule has 1 heterocycles. The van der Waals surface area contributed by atoms with Crippen LogP contribution in [-0.2, 0) is 0 Å². The molecule has 0 amide bonds. The van der Waals surface area contributed by atoms with E-state index in [0.717, 1.165) is 28.4 Å². The molecule has 0 aliphatic carbocycles. The zero-order chi connectivity index (χ0) is 18.5. The molecule has 26 heavy (non-hydrogen) atoms. The van der Waals surface area contributed by atoms with Crippen molar-refractivity contribution in [3.05, 3.63) is 65.4 Å². The molecule has 0 spiro atoms. The van der Waals surface area contributed by atoms with E-state index in [1.807, 2.05) is 50.2 Å². The highest BCUT2D eigenvalue weighted by Gasteiger charge is 2.07. The van der Waals surface area contributed by atoms with E-state index in [-0.39, 0.29) is 0 Å². The largest absolute Gasteiger partial charge is 0.495 e. The van der Waals surface area contributed by atoms with Gasteiger partial charge in [-0.05, 0) is 55.8 Å². The van der Waals surface area contributed by atoms with Crippen molar-refractivity contribution in [3.63, 3.8) is 0 Å². The molecule has 3 aromatic rings. The van der Waals surface area contributed by atoms with E-state index in [1.165, 1.54) is 0 Å². The summed E-state index contributed by atoms with van der Waals surface area (Å²) in [6.45, 7) is 3.93. The van der Waals surface area contributed by atoms with E-state index >= 15 is 0 Å². The Balaban J connectivity index is 1.85. The number of ether oxygens (including phenoxy) is 1. The molecule has 6 nitrogen and oxygen atoms in total. The van der Waals surface area contributed by atoms with Gasteiger partial charge >= 0.3 is 0 Å². The van der Waals surface area contributed by atoms with Gasteiger partial charge in [-0.2, -0.15) is 10.2 Å². The normalized spacial score (nSPS) is 10.1. The topological polar surface area (TPSA) is 82.9 Å². The second-order valence-electron chi connectivity index (χ2n) is 5.86. The van der Waals surface area contributed by atoms with Crippen molar-refractivity contribution in [2.75, 3.05) is 17.7 Å². The maximum atomic E-state index is 8.88. The van der Waals surface area contributed by atoms with Gasteiger partial charge in [0.1, 0.15) is 11.6 Å². The molecule has 0 saturated carbocycles. The van der Waals surface area contributed by atoms with Gasteiger partial charge in [-0.1, -0.05) is 6.07 Å². The quantitative estimate of drug-likeness (QED) is 0.710. The Morgan fingerprint density at radius 2 is 1.73 bits per heavy atom. The molecule has 6 heteroatoms. The average Bonchev–Trinajstić information content (AvgIpc) is 2.62. The SMILES string of the molecule is COc1ccc(C)cc1Nc1cc(C)nc(Nc2ccc(C#N)cc2)n1. The summed E-state index contributed by atoms with van der Waals surface area (Å²) in [5.74, 6) is 1.88. The lowest BCUT2D eigenvalue weighted by atomic mass is 10.2. The molecule has 0 fully saturated rings. The van der Waals surface area contributed by atoms with Crippen LogP contribution in [0.4, 0.5) is 23.1 Å². The van der Waals surface area contributed by atoms with Gasteiger partial charge in [-0.15, -0.1) is 0 Å². The van der Waals surface area contributed by atoms with Crippen molar-refractivity contribution in [2.24, 2.45) is 0 Å². The van der Waals surface area contributed by atoms with Crippen LogP contribution in [-0.4, -0.2) is 17.1 Å². The molecule has 0 radical (unpaired) electrons. The van der Waals surface area contributed by atoms with Crippen molar-refractivity contribution in [2.45, 2.75) is 13.8 Å². The highest BCUT2D eigenvalue weighted by Crippen LogP contribution is 2.28. The van der Waals surface area contributed by atoms with Gasteiger partial charge in [0, 0.05) is 17.4 Å². The number of rotatable bonds is 5. The maximum absolute atomic E-state index is 8.88. The second-order valence-corrected chi connectivity index (χ2v) is 5.86. The average molecular weight is 345 g/mol. The number of benzene rings is 2. The predicted molar refractivity (Wildman–Crippen MR) is 102 cm³/mol. The first-order valence-electron chi connectivity index (χ1n) is 8.12. The Kier molecular flexibility index (Phi) is 4.99. The third kappa shape index (κ3) is 4.08. The molecule has 130 valence electrons. The summed E-state index contributed by atoms with van der Waals surface area (Å²) in [6, 6.07) is 17.0. The summed E-state index contributed by atoms with van der Waals surface area (Å²) in [5.41, 5.74) is 4.21. The number of nitrogens with one attached hydrogen (secondary N) is 2. The summed E-state index contributed by atoms with van der Waals surface area (Å²) in [7, 11) is 1.64. The number of aryl methyl sites for hydroxylation is 2. The summed E-state index contributed by atoms with van der Waals surface area (Å²) < 4.78 is 5.40. The van der Waals surface area contributed by atoms with E-state index in [4.69, 9.17) is 10.00 Å². The van der Waals surface area contributed by atoms with Crippen LogP contribution in [0.15, 0.2) is 48.5 Å². The second kappa shape index (κ2) is 7.53. The lowest BCUT2D eigenvalue weighted by Crippen LogP contribution is -2.03. The van der Waals surface area contributed by atoms with Crippen molar-refractivity contribution in [1.82, 2.24) is 9.97 Å². The lowest BCUT2D eigenvalue weighted by Gasteiger charge is -2.13. The standard InChI is InChI=1S/C20H19N5O/c1-13-4-9-18(26-3)17(10-13)24-19-11-14(2)22-20(25-19)23-16-7-5-15(12-21)6-8-16/h4-11H,1-3H3,(H2,22,23,24,25). The van der Waals surface area contributed by atoms with E-state index in [9.17, 15) is 0 Å². The lowest BCUT2D eigenvalue weighted by molar-refractivity contribution is 0.416. The van der Waals surface area contributed by atoms with Gasteiger partial charge in [0.05, 0.1) is 24.4 Å². The number of methoxy groups -OCH3 is 1. The zero-order valence-electron chi connectivity index (χ0n) is 14.9. The number of aromatic nitrogens is 2. The highest BCUT2D eigenvalue weighted by molar-refractivity contribution is 5.66. The Bertz CT molecular complexity index is 961. The molecule has 3 rings (SSSR count). The molecular formula is C20H19N5O. The number of hydrogen-bond donors (Lipinski definition) is 2. The third-order valence-electron chi connectivity index (χ3n) is 3.74. The van der Waals surface area contributed by atoms with E-state index in [0.29, 0.717) is 17.3 Å². The van der Waals surface area contributed by atoms with E-state index < -0.39 is 0 Å². The van der Waals surface area contributed by atoms with Crippen LogP contribution >= 0.6 is 0 Å². The first-order valence-corrected chi connectivity index (χ1v) is 8.12. The summed E-state index contributed by atoms with van der Waals surface area (Å²) >= 11 is 0. The molecule has 0 unspecified atom stereocenters. The van der Waals surface area contributed by atoms with Gasteiger partial charge in [0.25, 0.3) is 0 Å². The molecule has 0 bridgehead atoms. The minimum Gasteiger partial charge on any atom is -0.495 e. The first kappa shape index (κ1) is 17.2. The number of nitriles is 1. The highest BCUT2D eigenvalue weighted by atomic mass is 16.5. The van der Waals surface area contributed by atoms with Crippen LogP contribution in [0.25, 0.3) is 0 Å². The molecule has 0 aliphatic rings. The summed E-state index contributed by atoms with van der Waals surface area (Å²) in [6.07, 6.45) is 0. The summed E-state index contributed by atoms with van der Waals surface area (Å²) in [4.78, 5) is 8.93. The fraction of sp³-hybridized carbons (Fsp3) is 0.150. The fourth-order valence-electron chi connectivity index (χ4n) is 2.50. The predicted octanol–water partition coefficient (Wildman–Crippen LogP) is 4.46. The van der Waals surface area contributed by atoms with E-state index in [2.05, 4.69) is 26.7 Å². The Hall–Kier alpha value is -3.59. The van der Waals surface area contributed by atoms with Crippen LogP contribution in [0.3, 0.4) is 0 Å². The van der Waals surface area contributed by atoms with Gasteiger partial charge in [0.15, 0.2) is 0 Å². The van der Waals surface area contributed by atoms with Crippen LogP contribution in [0.5, 0.6) is 5.75 Å². The van der Waals surface area contributed by atoms with Gasteiger partial charge in [-0.3, -0.25) is 0 Å². The van der Waals surface area contributed by atoms with Crippen LogP contribution < -0.4 is 15.4 Å². The summed E-state index contributed by atoms with van der Waals surface area (Å²) in [5, 5.41) is 15.3. The molecule has 2 N–H and O–H groups in total. The molecule has 0 aliphatic heterocycles. The van der Waals surface area contributed by atoms with Crippen molar-refractivity contribution in [1.29, 1.82) is 5.26 Å². The molecule has 2 aromatic carbocycles. The Labute approximate surface area is 152 Å². The van der Waals surface area contributed by atoms with Crippen molar-refractivity contribution in [3.8, 4) is 11.8 Å². The minimum absolute atomic E-state index is 0.476. The van der Waals surface area contributed by atoms with Crippen LogP contribution in [0.2, 0.25) is 0 Å². The van der Waals surface area contributed by atoms with E-state index in [1.54, 1.807) is 19.2 Å². The minimum atomic E-state index is 0.476. The number of anilines is 4. The smallest absolute Gasteiger partial charge is 0.229 e. The number of nitrogens with zero attached hydrogens (tertiary/aromatic N) is 3. The van der Waals surface area contributed by atoms with Crippen molar-refractivity contribution < 1.29 is 4.74 Å². The first-order chi connectivity index (χ1) is 12.6. The Morgan fingerprint density at radius 3 is 2.42 bits per heavy atom. The Morgan fingerprint density at radius 1 is 0.962 bits per heavy atom.